The minimum absolute atomic E-state index is 0.0327. The first-order valence-corrected chi connectivity index (χ1v) is 34.6. The fourth-order valence-corrected chi connectivity index (χ4v) is 22.0. The van der Waals surface area contributed by atoms with E-state index in [0.717, 1.165) is 45.2 Å². The van der Waals surface area contributed by atoms with Crippen LogP contribution in [0.25, 0.3) is 41.1 Å². The van der Waals surface area contributed by atoms with Crippen molar-refractivity contribution in [2.24, 2.45) is 11.8 Å². The molecule has 1 aromatic carbocycles. The standard InChI is InChI=1S/C34H38F2S4.C3H7.3CH3.2Sn/c1-5-9-11-21(7-3)17-27-25(35)19-29(39-27)31-23-13-15-38-34(23)32(24-14-16-37-33(24)31)30-20-26(36)28(40-30)18-22(8-4)12-10-6-2;1-3-2;;;;;/h13-14,19-22H,5-12,17-18H2,1-4H3;3H,1-2H3;3*1H3;;. The molecule has 0 spiro atoms. The van der Waals surface area contributed by atoms with Crippen molar-refractivity contribution >= 4 is 111 Å². The van der Waals surface area contributed by atoms with Crippen LogP contribution in [0.1, 0.15) is 103 Å². The Hall–Kier alpha value is -0.00260. The fraction of sp³-hybridized carbons (Fsp3) is 0.550. The van der Waals surface area contributed by atoms with E-state index in [1.165, 1.54) is 75.6 Å². The maximum absolute atomic E-state index is 15.9. The van der Waals surface area contributed by atoms with E-state index >= 15 is 8.78 Å². The summed E-state index contributed by atoms with van der Waals surface area (Å²) >= 11 is 4.02. The predicted molar refractivity (Wildman–Crippen MR) is 221 cm³/mol. The summed E-state index contributed by atoms with van der Waals surface area (Å²) in [5.41, 5.74) is 2.47. The van der Waals surface area contributed by atoms with Gasteiger partial charge >= 0.3 is 309 Å². The van der Waals surface area contributed by atoms with Crippen LogP contribution in [-0.2, 0) is 12.8 Å². The Labute approximate surface area is 319 Å². The molecule has 8 heteroatoms. The average Bonchev–Trinajstić information content (AvgIpc) is 3.81. The third kappa shape index (κ3) is 8.95. The molecule has 0 bridgehead atoms. The summed E-state index contributed by atoms with van der Waals surface area (Å²) in [5.74, 6) is 0.990. The van der Waals surface area contributed by atoms with E-state index in [1.807, 2.05) is 34.8 Å². The Kier molecular flexibility index (Phi) is 14.1. The molecule has 0 saturated carbocycles. The van der Waals surface area contributed by atoms with Gasteiger partial charge in [0.15, 0.2) is 0 Å². The molecule has 0 aliphatic carbocycles. The SMILES string of the molecule is CCCCC(CC)Cc1sc(-c2c3c[c]([Sn]([CH3])([CH3])[CH3])sc3c(-c3cc(F)c(CC(CC)CCCC)s3)c3c[c]([Sn][CH](C)C)sc23)cc1F. The molecule has 5 aromatic rings. The number of benzene rings is 1. The Morgan fingerprint density at radius 3 is 1.58 bits per heavy atom. The number of halogens is 2. The second kappa shape index (κ2) is 17.2. The number of rotatable bonds is 17. The topological polar surface area (TPSA) is 0 Å². The third-order valence-corrected chi connectivity index (χ3v) is 28.1. The molecule has 0 fully saturated rings. The summed E-state index contributed by atoms with van der Waals surface area (Å²) in [6.45, 7) is 13.7. The van der Waals surface area contributed by atoms with Gasteiger partial charge < -0.3 is 0 Å². The van der Waals surface area contributed by atoms with Gasteiger partial charge in [-0.3, -0.25) is 0 Å². The van der Waals surface area contributed by atoms with Crippen LogP contribution in [0.15, 0.2) is 24.3 Å². The number of unbranched alkanes of at least 4 members (excludes halogenated alkanes) is 2. The monoisotopic (exact) mass is 940 g/mol. The van der Waals surface area contributed by atoms with Gasteiger partial charge in [-0.25, -0.2) is 0 Å². The molecule has 0 saturated heterocycles. The van der Waals surface area contributed by atoms with Crippen LogP contribution >= 0.6 is 45.3 Å². The fourth-order valence-electron chi connectivity index (χ4n) is 6.73. The Morgan fingerprint density at radius 2 is 1.15 bits per heavy atom. The Bertz CT molecular complexity index is 1700. The summed E-state index contributed by atoms with van der Waals surface area (Å²) < 4.78 is 38.1. The summed E-state index contributed by atoms with van der Waals surface area (Å²) in [6.07, 6.45) is 11.0. The molecule has 4 aromatic heterocycles. The van der Waals surface area contributed by atoms with E-state index < -0.39 is 39.5 Å². The van der Waals surface area contributed by atoms with Gasteiger partial charge in [0, 0.05) is 0 Å². The molecule has 2 atom stereocenters. The first-order chi connectivity index (χ1) is 22.9. The van der Waals surface area contributed by atoms with Crippen LogP contribution in [0, 0.1) is 23.5 Å². The molecule has 2 radical (unpaired) electrons. The van der Waals surface area contributed by atoms with Crippen molar-refractivity contribution in [3.8, 4) is 20.9 Å². The summed E-state index contributed by atoms with van der Waals surface area (Å²) in [4.78, 5) is 11.4. The minimum atomic E-state index is -2.49. The Balaban J connectivity index is 1.74. The van der Waals surface area contributed by atoms with Gasteiger partial charge in [0.25, 0.3) is 0 Å². The molecule has 0 aliphatic heterocycles. The molecule has 0 N–H and O–H groups in total. The average molecular weight is 939 g/mol. The van der Waals surface area contributed by atoms with Gasteiger partial charge in [-0.15, -0.1) is 0 Å². The summed E-state index contributed by atoms with van der Waals surface area (Å²) in [7, 11) is 0. The van der Waals surface area contributed by atoms with Crippen LogP contribution in [0.4, 0.5) is 8.78 Å². The molecule has 0 aliphatic rings. The summed E-state index contributed by atoms with van der Waals surface area (Å²) in [6, 6.07) is 8.65. The van der Waals surface area contributed by atoms with Gasteiger partial charge in [0.1, 0.15) is 0 Å². The molecule has 4 heterocycles. The van der Waals surface area contributed by atoms with E-state index in [9.17, 15) is 0 Å². The second-order valence-corrected chi connectivity index (χ2v) is 41.5. The van der Waals surface area contributed by atoms with Gasteiger partial charge in [-0.2, -0.15) is 0 Å². The van der Waals surface area contributed by atoms with Crippen molar-refractivity contribution in [1.29, 1.82) is 0 Å². The predicted octanol–water partition coefficient (Wildman–Crippen LogP) is 14.1. The zero-order chi connectivity index (χ0) is 34.7. The van der Waals surface area contributed by atoms with E-state index in [4.69, 9.17) is 0 Å². The van der Waals surface area contributed by atoms with E-state index in [1.54, 1.807) is 22.7 Å². The van der Waals surface area contributed by atoms with Crippen molar-refractivity contribution in [2.45, 2.75) is 125 Å². The zero-order valence-corrected chi connectivity index (χ0v) is 39.5. The maximum atomic E-state index is 15.9. The van der Waals surface area contributed by atoms with E-state index in [0.29, 0.717) is 15.8 Å². The van der Waals surface area contributed by atoms with Crippen molar-refractivity contribution in [2.75, 3.05) is 0 Å². The second-order valence-electron chi connectivity index (χ2n) is 15.0. The molecule has 0 nitrogen and oxygen atoms in total. The van der Waals surface area contributed by atoms with Crippen molar-refractivity contribution < 1.29 is 8.78 Å². The van der Waals surface area contributed by atoms with Gasteiger partial charge in [-0.1, -0.05) is 13.8 Å². The van der Waals surface area contributed by atoms with Crippen molar-refractivity contribution in [3.63, 3.8) is 0 Å². The van der Waals surface area contributed by atoms with Gasteiger partial charge in [-0.05, 0) is 0 Å². The first-order valence-electron chi connectivity index (χ1n) is 18.2. The number of fused-ring (bicyclic) bond motifs is 2. The Morgan fingerprint density at radius 1 is 0.667 bits per heavy atom. The van der Waals surface area contributed by atoms with Crippen LogP contribution in [0.3, 0.4) is 0 Å². The number of hydrogen-bond donors (Lipinski definition) is 0. The molecule has 2 unspecified atom stereocenters. The quantitative estimate of drug-likeness (QED) is 0.0815. The molecule has 260 valence electrons. The zero-order valence-electron chi connectivity index (χ0n) is 30.5. The van der Waals surface area contributed by atoms with Gasteiger partial charge in [0.05, 0.1) is 0 Å². The van der Waals surface area contributed by atoms with Crippen molar-refractivity contribution in [3.05, 3.63) is 45.7 Å². The van der Waals surface area contributed by atoms with Crippen molar-refractivity contribution in [1.82, 2.24) is 0 Å². The first kappa shape index (κ1) is 39.2. The number of hydrogen-bond acceptors (Lipinski definition) is 4. The molecule has 48 heavy (non-hydrogen) atoms. The van der Waals surface area contributed by atoms with Crippen LogP contribution in [0.2, 0.25) is 18.8 Å². The van der Waals surface area contributed by atoms with E-state index in [2.05, 4.69) is 68.5 Å². The van der Waals surface area contributed by atoms with Crippen LogP contribution < -0.4 is 5.79 Å². The van der Waals surface area contributed by atoms with Crippen LogP contribution in [-0.4, -0.2) is 39.5 Å². The normalized spacial score (nSPS) is 13.8. The molecular formula is C40H54F2S4Sn2. The molecule has 5 rings (SSSR count). The summed E-state index contributed by atoms with van der Waals surface area (Å²) in [5, 5.41) is 2.54. The van der Waals surface area contributed by atoms with E-state index in [-0.39, 0.29) is 11.6 Å². The third-order valence-electron chi connectivity index (χ3n) is 9.67. The molecule has 0 amide bonds. The van der Waals surface area contributed by atoms with Crippen LogP contribution in [0.5, 0.6) is 0 Å². The molecular weight excluding hydrogens is 884 g/mol. The van der Waals surface area contributed by atoms with Gasteiger partial charge in [0.2, 0.25) is 0 Å². The number of thiophene rings is 4.